The Hall–Kier alpha value is -2.21. The fraction of sp³-hybridized carbons (Fsp3) is 0.471. The van der Waals surface area contributed by atoms with Gasteiger partial charge in [-0.2, -0.15) is 0 Å². The third-order valence-corrected chi connectivity index (χ3v) is 4.67. The molecular weight excluding hydrogens is 294 g/mol. The molecule has 120 valence electrons. The quantitative estimate of drug-likeness (QED) is 0.844. The zero-order valence-corrected chi connectivity index (χ0v) is 12.9. The molecule has 0 saturated carbocycles. The molecule has 0 bridgehead atoms. The molecule has 6 heteroatoms. The highest BCUT2D eigenvalue weighted by Crippen LogP contribution is 2.27. The van der Waals surface area contributed by atoms with Crippen molar-refractivity contribution in [3.05, 3.63) is 36.2 Å². The number of fused-ring (bicyclic) bond motifs is 1. The van der Waals surface area contributed by atoms with Gasteiger partial charge < -0.3 is 14.1 Å². The lowest BCUT2D eigenvalue weighted by Crippen LogP contribution is -2.38. The van der Waals surface area contributed by atoms with Crippen molar-refractivity contribution in [2.75, 3.05) is 26.3 Å². The summed E-state index contributed by atoms with van der Waals surface area (Å²) < 4.78 is 10.5. The Labute approximate surface area is 134 Å². The van der Waals surface area contributed by atoms with E-state index in [1.54, 1.807) is 18.9 Å². The van der Waals surface area contributed by atoms with Crippen molar-refractivity contribution >= 4 is 5.91 Å². The Bertz CT molecular complexity index is 693. The zero-order chi connectivity index (χ0) is 15.6. The predicted molar refractivity (Wildman–Crippen MR) is 82.6 cm³/mol. The average Bonchev–Trinajstić information content (AvgIpc) is 3.24. The second kappa shape index (κ2) is 6.12. The summed E-state index contributed by atoms with van der Waals surface area (Å²) in [4.78, 5) is 23.4. The number of carbonyl (C=O) groups is 1. The molecule has 2 aromatic heterocycles. The number of amides is 1. The topological polar surface area (TPSA) is 68.5 Å². The highest BCUT2D eigenvalue weighted by molar-refractivity contribution is 5.79. The van der Waals surface area contributed by atoms with Crippen LogP contribution in [0.5, 0.6) is 0 Å². The summed E-state index contributed by atoms with van der Waals surface area (Å²) in [6, 6.07) is 1.91. The zero-order valence-electron chi connectivity index (χ0n) is 12.9. The molecular formula is C17H19N3O3. The number of hydrogen-bond donors (Lipinski definition) is 0. The maximum Gasteiger partial charge on any atom is 0.228 e. The molecule has 1 fully saturated rings. The number of aromatic nitrogens is 2. The number of hydrogen-bond acceptors (Lipinski definition) is 5. The summed E-state index contributed by atoms with van der Waals surface area (Å²) >= 11 is 0. The molecule has 0 spiro atoms. The van der Waals surface area contributed by atoms with Crippen LogP contribution < -0.4 is 0 Å². The van der Waals surface area contributed by atoms with Crippen molar-refractivity contribution in [1.29, 1.82) is 0 Å². The number of nitrogens with zero attached hydrogens (tertiary/aromatic N) is 3. The molecule has 0 radical (unpaired) electrons. The van der Waals surface area contributed by atoms with Gasteiger partial charge >= 0.3 is 0 Å². The molecule has 1 amide bonds. The van der Waals surface area contributed by atoms with Crippen molar-refractivity contribution in [1.82, 2.24) is 14.9 Å². The standard InChI is InChI=1S/C17H19N3O3/c21-17(13-4-8-23-10-13)20-5-1-14-15(2-6-20)18-11-19-16(14)12-3-7-22-9-12/h3,7,9,11,13H,1-2,4-6,8,10H2. The molecule has 2 aliphatic rings. The van der Waals surface area contributed by atoms with E-state index in [4.69, 9.17) is 9.15 Å². The van der Waals surface area contributed by atoms with Gasteiger partial charge in [-0.05, 0) is 18.9 Å². The largest absolute Gasteiger partial charge is 0.472 e. The van der Waals surface area contributed by atoms with Crippen molar-refractivity contribution in [3.8, 4) is 11.3 Å². The van der Waals surface area contributed by atoms with Crippen LogP contribution in [-0.4, -0.2) is 47.1 Å². The third-order valence-electron chi connectivity index (χ3n) is 4.67. The molecule has 1 unspecified atom stereocenters. The van der Waals surface area contributed by atoms with Crippen LogP contribution in [0.15, 0.2) is 29.3 Å². The third kappa shape index (κ3) is 2.74. The first-order valence-corrected chi connectivity index (χ1v) is 8.05. The molecule has 4 heterocycles. The smallest absolute Gasteiger partial charge is 0.228 e. The van der Waals surface area contributed by atoms with E-state index in [2.05, 4.69) is 9.97 Å². The highest BCUT2D eigenvalue weighted by Gasteiger charge is 2.29. The van der Waals surface area contributed by atoms with E-state index >= 15 is 0 Å². The summed E-state index contributed by atoms with van der Waals surface area (Å²) in [7, 11) is 0. The lowest BCUT2D eigenvalue weighted by atomic mass is 10.0. The van der Waals surface area contributed by atoms with E-state index in [0.29, 0.717) is 26.3 Å². The van der Waals surface area contributed by atoms with Gasteiger partial charge in [0.2, 0.25) is 5.91 Å². The van der Waals surface area contributed by atoms with Crippen molar-refractivity contribution in [2.45, 2.75) is 19.3 Å². The molecule has 0 N–H and O–H groups in total. The fourth-order valence-corrected chi connectivity index (χ4v) is 3.38. The van der Waals surface area contributed by atoms with Crippen LogP contribution in [0.25, 0.3) is 11.3 Å². The Morgan fingerprint density at radius 2 is 2.17 bits per heavy atom. The lowest BCUT2D eigenvalue weighted by molar-refractivity contribution is -0.135. The maximum atomic E-state index is 12.6. The van der Waals surface area contributed by atoms with Crippen LogP contribution in [0.1, 0.15) is 17.7 Å². The average molecular weight is 313 g/mol. The minimum absolute atomic E-state index is 0.0237. The van der Waals surface area contributed by atoms with Crippen LogP contribution in [0, 0.1) is 5.92 Å². The molecule has 23 heavy (non-hydrogen) atoms. The van der Waals surface area contributed by atoms with E-state index in [1.165, 1.54) is 0 Å². The van der Waals surface area contributed by atoms with Crippen molar-refractivity contribution in [2.24, 2.45) is 5.92 Å². The second-order valence-electron chi connectivity index (χ2n) is 6.05. The van der Waals surface area contributed by atoms with Crippen LogP contribution in [0.3, 0.4) is 0 Å². The molecule has 6 nitrogen and oxygen atoms in total. The van der Waals surface area contributed by atoms with E-state index < -0.39 is 0 Å². The number of carbonyl (C=O) groups excluding carboxylic acids is 1. The Kier molecular flexibility index (Phi) is 3.83. The van der Waals surface area contributed by atoms with Gasteiger partial charge in [0.25, 0.3) is 0 Å². The molecule has 1 atom stereocenters. The first kappa shape index (κ1) is 14.4. The van der Waals surface area contributed by atoms with E-state index in [9.17, 15) is 4.79 Å². The Balaban J connectivity index is 1.57. The number of furan rings is 1. The summed E-state index contributed by atoms with van der Waals surface area (Å²) in [6.07, 6.45) is 7.33. The molecule has 0 aromatic carbocycles. The minimum Gasteiger partial charge on any atom is -0.472 e. The van der Waals surface area contributed by atoms with Gasteiger partial charge in [-0.3, -0.25) is 4.79 Å². The molecule has 0 aliphatic carbocycles. The van der Waals surface area contributed by atoms with E-state index in [-0.39, 0.29) is 11.8 Å². The van der Waals surface area contributed by atoms with Crippen LogP contribution in [0.2, 0.25) is 0 Å². The first-order valence-electron chi connectivity index (χ1n) is 8.05. The monoisotopic (exact) mass is 313 g/mol. The number of ether oxygens (including phenoxy) is 1. The molecule has 2 aromatic rings. The normalized spacial score (nSPS) is 21.0. The van der Waals surface area contributed by atoms with Gasteiger partial charge in [0.15, 0.2) is 0 Å². The summed E-state index contributed by atoms with van der Waals surface area (Å²) in [5.74, 6) is 0.240. The Morgan fingerprint density at radius 1 is 1.26 bits per heavy atom. The van der Waals surface area contributed by atoms with Gasteiger partial charge in [-0.15, -0.1) is 0 Å². The summed E-state index contributed by atoms with van der Waals surface area (Å²) in [6.45, 7) is 2.67. The first-order chi connectivity index (χ1) is 11.3. The van der Waals surface area contributed by atoms with Crippen LogP contribution in [-0.2, 0) is 22.4 Å². The molecule has 4 rings (SSSR count). The predicted octanol–water partition coefficient (Wildman–Crippen LogP) is 1.70. The van der Waals surface area contributed by atoms with E-state index in [1.807, 2.05) is 11.0 Å². The lowest BCUT2D eigenvalue weighted by Gasteiger charge is -2.23. The van der Waals surface area contributed by atoms with Crippen molar-refractivity contribution in [3.63, 3.8) is 0 Å². The van der Waals surface area contributed by atoms with Crippen LogP contribution in [0.4, 0.5) is 0 Å². The molecule has 2 aliphatic heterocycles. The SMILES string of the molecule is O=C(C1CCOC1)N1CCc2ncnc(-c3ccoc3)c2CC1. The summed E-state index contributed by atoms with van der Waals surface area (Å²) in [5.41, 5.74) is 4.05. The highest BCUT2D eigenvalue weighted by atomic mass is 16.5. The number of rotatable bonds is 2. The minimum atomic E-state index is 0.0237. The Morgan fingerprint density at radius 3 is 2.96 bits per heavy atom. The fourth-order valence-electron chi connectivity index (χ4n) is 3.38. The van der Waals surface area contributed by atoms with Gasteiger partial charge in [0, 0.05) is 42.9 Å². The van der Waals surface area contributed by atoms with Gasteiger partial charge in [0.1, 0.15) is 6.33 Å². The van der Waals surface area contributed by atoms with Gasteiger partial charge in [-0.25, -0.2) is 9.97 Å². The van der Waals surface area contributed by atoms with Gasteiger partial charge in [0.05, 0.1) is 30.7 Å². The summed E-state index contributed by atoms with van der Waals surface area (Å²) in [5, 5.41) is 0. The molecule has 1 saturated heterocycles. The van der Waals surface area contributed by atoms with E-state index in [0.717, 1.165) is 41.8 Å². The maximum absolute atomic E-state index is 12.6. The van der Waals surface area contributed by atoms with Crippen molar-refractivity contribution < 1.29 is 13.9 Å². The van der Waals surface area contributed by atoms with Crippen LogP contribution >= 0.6 is 0 Å². The second-order valence-corrected chi connectivity index (χ2v) is 6.05. The van der Waals surface area contributed by atoms with Gasteiger partial charge in [-0.1, -0.05) is 0 Å².